The van der Waals surface area contributed by atoms with Crippen LogP contribution < -0.4 is 16.6 Å². The maximum atomic E-state index is 13.0. The number of likely N-dealkylation sites (tertiary alicyclic amines) is 1. The molecule has 0 saturated carbocycles. The van der Waals surface area contributed by atoms with Gasteiger partial charge in [0.25, 0.3) is 5.56 Å². The Hall–Kier alpha value is -2.50. The Kier molecular flexibility index (Phi) is 5.07. The van der Waals surface area contributed by atoms with Crippen LogP contribution in [0, 0.1) is 0 Å². The van der Waals surface area contributed by atoms with Gasteiger partial charge in [0.2, 0.25) is 5.91 Å². The number of hydrogen-bond donors (Lipinski definition) is 3. The van der Waals surface area contributed by atoms with Crippen LogP contribution in [0.5, 0.6) is 0 Å². The fraction of sp³-hybridized carbons (Fsp3) is 0.684. The highest BCUT2D eigenvalue weighted by molar-refractivity contribution is 5.82. The summed E-state index contributed by atoms with van der Waals surface area (Å²) in [4.78, 5) is 44.0. The van der Waals surface area contributed by atoms with Crippen molar-refractivity contribution in [1.82, 2.24) is 28.9 Å². The summed E-state index contributed by atoms with van der Waals surface area (Å²) in [6.07, 6.45) is 2.18. The number of nitrogens with zero attached hydrogens (tertiary/aromatic N) is 5. The monoisotopic (exact) mass is 420 g/mol. The molecule has 30 heavy (non-hydrogen) atoms. The fourth-order valence-corrected chi connectivity index (χ4v) is 4.70. The molecular formula is C19H28N6O5. The van der Waals surface area contributed by atoms with E-state index in [9.17, 15) is 24.6 Å². The molecule has 0 unspecified atom stereocenters. The van der Waals surface area contributed by atoms with Gasteiger partial charge in [0.05, 0.1) is 30.1 Å². The molecule has 2 fully saturated rings. The maximum Gasteiger partial charge on any atom is 0.332 e. The Balaban J connectivity index is 1.82. The normalized spacial score (nSPS) is 30.0. The van der Waals surface area contributed by atoms with Gasteiger partial charge in [-0.3, -0.25) is 18.7 Å². The smallest absolute Gasteiger partial charge is 0.332 e. The lowest BCUT2D eigenvalue weighted by molar-refractivity contribution is -0.134. The van der Waals surface area contributed by atoms with E-state index in [1.54, 1.807) is 11.8 Å². The summed E-state index contributed by atoms with van der Waals surface area (Å²) >= 11 is 0. The molecule has 164 valence electrons. The van der Waals surface area contributed by atoms with Crippen molar-refractivity contribution < 1.29 is 15.0 Å². The van der Waals surface area contributed by atoms with Crippen molar-refractivity contribution in [1.29, 1.82) is 0 Å². The van der Waals surface area contributed by atoms with Gasteiger partial charge in [0.1, 0.15) is 0 Å². The number of nitrogens with one attached hydrogen (secondary N) is 1. The van der Waals surface area contributed by atoms with E-state index >= 15 is 0 Å². The van der Waals surface area contributed by atoms with Crippen molar-refractivity contribution >= 4 is 17.1 Å². The first-order chi connectivity index (χ1) is 14.1. The molecule has 0 bridgehead atoms. The second-order valence-electron chi connectivity index (χ2n) is 8.65. The molecule has 2 aromatic rings. The first-order valence-corrected chi connectivity index (χ1v) is 10.2. The lowest BCUT2D eigenvalue weighted by Gasteiger charge is -2.34. The van der Waals surface area contributed by atoms with Gasteiger partial charge in [-0.15, -0.1) is 0 Å². The van der Waals surface area contributed by atoms with Crippen LogP contribution in [0.4, 0.5) is 0 Å². The van der Waals surface area contributed by atoms with E-state index in [0.29, 0.717) is 0 Å². The Labute approximate surface area is 172 Å². The van der Waals surface area contributed by atoms with E-state index in [1.807, 2.05) is 0 Å². The van der Waals surface area contributed by atoms with Gasteiger partial charge in [0.15, 0.2) is 11.2 Å². The Bertz CT molecular complexity index is 1090. The molecule has 0 aromatic carbocycles. The number of carbonyl (C=O) groups excluding carboxylic acids is 1. The number of β-amino-alcohol motifs (C(OH)–C–C–N with tert-alkyl or cyclic N) is 1. The van der Waals surface area contributed by atoms with Crippen LogP contribution in [0.3, 0.4) is 0 Å². The minimum atomic E-state index is -1.41. The number of rotatable bonds is 2. The molecule has 2 aliphatic rings. The summed E-state index contributed by atoms with van der Waals surface area (Å²) in [7, 11) is 2.91. The van der Waals surface area contributed by atoms with E-state index in [4.69, 9.17) is 0 Å². The average Bonchev–Trinajstić information content (AvgIpc) is 3.34. The average molecular weight is 420 g/mol. The van der Waals surface area contributed by atoms with Crippen LogP contribution in [0.2, 0.25) is 0 Å². The van der Waals surface area contributed by atoms with E-state index in [2.05, 4.69) is 10.3 Å². The van der Waals surface area contributed by atoms with Crippen molar-refractivity contribution in [3.8, 4) is 0 Å². The van der Waals surface area contributed by atoms with Crippen LogP contribution in [-0.2, 0) is 18.9 Å². The van der Waals surface area contributed by atoms with Crippen molar-refractivity contribution in [2.45, 2.75) is 50.0 Å². The molecule has 2 aromatic heterocycles. The van der Waals surface area contributed by atoms with Crippen LogP contribution in [-0.4, -0.2) is 77.1 Å². The number of aryl methyl sites for hydroxylation is 1. The van der Waals surface area contributed by atoms with Crippen LogP contribution in [0.15, 0.2) is 15.9 Å². The zero-order chi connectivity index (χ0) is 21.8. The summed E-state index contributed by atoms with van der Waals surface area (Å²) in [6.45, 7) is 2.57. The number of amides is 1. The van der Waals surface area contributed by atoms with Crippen LogP contribution >= 0.6 is 0 Å². The third kappa shape index (κ3) is 3.26. The zero-order valence-corrected chi connectivity index (χ0v) is 17.4. The SMILES string of the molecule is Cn1c(=O)c2c(ncn2[C@@H]2CN(C(=O)[C@@H]3CCCN3)C[C@@H](O)C[C@@]2(C)O)n(C)c1=O. The summed E-state index contributed by atoms with van der Waals surface area (Å²) in [5.41, 5.74) is -2.05. The predicted octanol–water partition coefficient (Wildman–Crippen LogP) is -1.93. The van der Waals surface area contributed by atoms with E-state index in [1.165, 1.54) is 29.6 Å². The lowest BCUT2D eigenvalue weighted by Crippen LogP contribution is -2.48. The molecule has 0 radical (unpaired) electrons. The van der Waals surface area contributed by atoms with Gasteiger partial charge in [-0.1, -0.05) is 0 Å². The lowest BCUT2D eigenvalue weighted by atomic mass is 9.91. The molecule has 11 nitrogen and oxygen atoms in total. The van der Waals surface area contributed by atoms with Gasteiger partial charge in [-0.05, 0) is 26.3 Å². The zero-order valence-electron chi connectivity index (χ0n) is 17.4. The first kappa shape index (κ1) is 20.8. The van der Waals surface area contributed by atoms with Crippen molar-refractivity contribution in [2.75, 3.05) is 19.6 Å². The molecule has 1 amide bonds. The van der Waals surface area contributed by atoms with E-state index < -0.39 is 29.0 Å². The predicted molar refractivity (Wildman–Crippen MR) is 108 cm³/mol. The van der Waals surface area contributed by atoms with Gasteiger partial charge in [-0.25, -0.2) is 9.78 Å². The quantitative estimate of drug-likeness (QED) is 0.515. The van der Waals surface area contributed by atoms with Gasteiger partial charge in [-0.2, -0.15) is 0 Å². The highest BCUT2D eigenvalue weighted by Crippen LogP contribution is 2.33. The van der Waals surface area contributed by atoms with Crippen LogP contribution in [0.1, 0.15) is 32.2 Å². The van der Waals surface area contributed by atoms with Crippen molar-refractivity contribution in [3.63, 3.8) is 0 Å². The molecule has 11 heteroatoms. The summed E-state index contributed by atoms with van der Waals surface area (Å²) < 4.78 is 3.81. The van der Waals surface area contributed by atoms with E-state index in [0.717, 1.165) is 24.0 Å². The third-order valence-corrected chi connectivity index (χ3v) is 6.37. The Morgan fingerprint density at radius 3 is 2.67 bits per heavy atom. The Morgan fingerprint density at radius 1 is 1.27 bits per heavy atom. The number of aromatic nitrogens is 4. The summed E-state index contributed by atoms with van der Waals surface area (Å²) in [5.74, 6) is -0.126. The van der Waals surface area contributed by atoms with Gasteiger partial charge >= 0.3 is 5.69 Å². The number of carbonyl (C=O) groups is 1. The topological polar surface area (TPSA) is 135 Å². The molecule has 3 N–H and O–H groups in total. The molecule has 0 spiro atoms. The molecular weight excluding hydrogens is 392 g/mol. The number of hydrogen-bond acceptors (Lipinski definition) is 7. The molecule has 2 aliphatic heterocycles. The third-order valence-electron chi connectivity index (χ3n) is 6.37. The van der Waals surface area contributed by atoms with Crippen molar-refractivity contribution in [3.05, 3.63) is 27.2 Å². The number of imidazole rings is 1. The fourth-order valence-electron chi connectivity index (χ4n) is 4.70. The first-order valence-electron chi connectivity index (χ1n) is 10.2. The molecule has 4 heterocycles. The molecule has 4 rings (SSSR count). The second-order valence-corrected chi connectivity index (χ2v) is 8.65. The summed E-state index contributed by atoms with van der Waals surface area (Å²) in [5, 5.41) is 24.9. The number of fused-ring (bicyclic) bond motifs is 1. The highest BCUT2D eigenvalue weighted by Gasteiger charge is 2.43. The molecule has 4 atom stereocenters. The maximum absolute atomic E-state index is 13.0. The largest absolute Gasteiger partial charge is 0.391 e. The second kappa shape index (κ2) is 7.33. The highest BCUT2D eigenvalue weighted by atomic mass is 16.3. The Morgan fingerprint density at radius 2 is 2.00 bits per heavy atom. The summed E-state index contributed by atoms with van der Waals surface area (Å²) in [6, 6.07) is -1.04. The minimum Gasteiger partial charge on any atom is -0.391 e. The number of aliphatic hydroxyl groups excluding tert-OH is 1. The van der Waals surface area contributed by atoms with Crippen LogP contribution in [0.25, 0.3) is 11.2 Å². The molecule has 0 aliphatic carbocycles. The standard InChI is InChI=1S/C19H28N6O5/c1-19(30)7-11(26)8-24(16(27)12-5-4-6-20-12)9-13(19)25-10-21-15-14(25)17(28)23(3)18(29)22(15)2/h10-13,20,26,30H,4-9H2,1-3H3/t11-,12-,13+,19+/m0/s1. The minimum absolute atomic E-state index is 0.0330. The van der Waals surface area contributed by atoms with Crippen molar-refractivity contribution in [2.24, 2.45) is 14.1 Å². The number of aliphatic hydroxyl groups is 2. The van der Waals surface area contributed by atoms with Gasteiger partial charge < -0.3 is 25.0 Å². The van der Waals surface area contributed by atoms with E-state index in [-0.39, 0.29) is 42.6 Å². The molecule has 2 saturated heterocycles. The van der Waals surface area contributed by atoms with Gasteiger partial charge in [0, 0.05) is 33.6 Å².